The molecule has 1 aromatic heterocycles. The molecule has 0 saturated carbocycles. The summed E-state index contributed by atoms with van der Waals surface area (Å²) in [4.78, 5) is 1.13. The van der Waals surface area contributed by atoms with Crippen molar-refractivity contribution in [2.75, 3.05) is 7.11 Å². The minimum absolute atomic E-state index is 0.208. The Bertz CT molecular complexity index is 720. The van der Waals surface area contributed by atoms with Gasteiger partial charge < -0.3 is 4.74 Å². The molecule has 0 fully saturated rings. The van der Waals surface area contributed by atoms with Gasteiger partial charge in [0.15, 0.2) is 0 Å². The summed E-state index contributed by atoms with van der Waals surface area (Å²) in [5, 5.41) is 1.02. The van der Waals surface area contributed by atoms with Crippen LogP contribution in [0.3, 0.4) is 0 Å². The summed E-state index contributed by atoms with van der Waals surface area (Å²) in [6.45, 7) is 0. The first kappa shape index (κ1) is 13.9. The van der Waals surface area contributed by atoms with Crippen molar-refractivity contribution in [3.05, 3.63) is 63.4 Å². The Morgan fingerprint density at radius 2 is 1.95 bits per heavy atom. The number of ether oxygens (including phenoxy) is 1. The molecule has 0 bridgehead atoms. The average molecular weight is 368 g/mol. The van der Waals surface area contributed by atoms with Gasteiger partial charge in [-0.2, -0.15) is 0 Å². The Kier molecular flexibility index (Phi) is 4.01. The van der Waals surface area contributed by atoms with E-state index in [1.807, 2.05) is 30.3 Å². The van der Waals surface area contributed by atoms with E-state index >= 15 is 0 Å². The molecule has 3 aromatic rings. The van der Waals surface area contributed by atoms with Crippen molar-refractivity contribution < 1.29 is 4.74 Å². The standard InChI is InChI=1S/C16H12BrClOS/c1-19-13-7-6-11(17)9-12(13)16(18)15-8-10-4-2-3-5-14(10)20-15/h2-9,16H,1H3. The maximum atomic E-state index is 6.67. The first-order valence-corrected chi connectivity index (χ1v) is 8.19. The summed E-state index contributed by atoms with van der Waals surface area (Å²) in [5.41, 5.74) is 0.982. The molecule has 20 heavy (non-hydrogen) atoms. The molecule has 0 aliphatic carbocycles. The molecule has 1 atom stereocenters. The highest BCUT2D eigenvalue weighted by Gasteiger charge is 2.18. The van der Waals surface area contributed by atoms with Crippen LogP contribution in [0.1, 0.15) is 15.8 Å². The molecular formula is C16H12BrClOS. The normalized spacial score (nSPS) is 12.6. The van der Waals surface area contributed by atoms with Gasteiger partial charge in [0.2, 0.25) is 0 Å². The highest BCUT2D eigenvalue weighted by molar-refractivity contribution is 9.10. The molecule has 0 spiro atoms. The van der Waals surface area contributed by atoms with Crippen LogP contribution in [0, 0.1) is 0 Å². The van der Waals surface area contributed by atoms with Crippen molar-refractivity contribution in [1.82, 2.24) is 0 Å². The molecule has 0 radical (unpaired) electrons. The zero-order chi connectivity index (χ0) is 14.1. The maximum absolute atomic E-state index is 6.67. The van der Waals surface area contributed by atoms with Crippen LogP contribution in [-0.2, 0) is 0 Å². The third-order valence-corrected chi connectivity index (χ3v) is 5.43. The quantitative estimate of drug-likeness (QED) is 0.516. The van der Waals surface area contributed by atoms with E-state index < -0.39 is 0 Å². The number of hydrogen-bond donors (Lipinski definition) is 0. The fourth-order valence-corrected chi connectivity index (χ4v) is 3.99. The fraction of sp³-hybridized carbons (Fsp3) is 0.125. The van der Waals surface area contributed by atoms with Crippen LogP contribution in [0.25, 0.3) is 10.1 Å². The smallest absolute Gasteiger partial charge is 0.124 e. The molecule has 0 amide bonds. The largest absolute Gasteiger partial charge is 0.496 e. The van der Waals surface area contributed by atoms with E-state index in [4.69, 9.17) is 16.3 Å². The zero-order valence-corrected chi connectivity index (χ0v) is 13.9. The van der Waals surface area contributed by atoms with Gasteiger partial charge >= 0.3 is 0 Å². The topological polar surface area (TPSA) is 9.23 Å². The minimum Gasteiger partial charge on any atom is -0.496 e. The number of hydrogen-bond acceptors (Lipinski definition) is 2. The summed E-state index contributed by atoms with van der Waals surface area (Å²) < 4.78 is 7.67. The van der Waals surface area contributed by atoms with E-state index in [2.05, 4.69) is 34.1 Å². The maximum Gasteiger partial charge on any atom is 0.124 e. The van der Waals surface area contributed by atoms with Crippen LogP contribution >= 0.6 is 38.9 Å². The fourth-order valence-electron chi connectivity index (χ4n) is 2.18. The molecule has 3 rings (SSSR count). The lowest BCUT2D eigenvalue weighted by Crippen LogP contribution is -1.95. The van der Waals surface area contributed by atoms with E-state index in [1.54, 1.807) is 18.4 Å². The molecule has 102 valence electrons. The molecule has 1 heterocycles. The van der Waals surface area contributed by atoms with Gasteiger partial charge in [0.1, 0.15) is 5.75 Å². The number of alkyl halides is 1. The molecule has 4 heteroatoms. The number of methoxy groups -OCH3 is 1. The van der Waals surface area contributed by atoms with E-state index in [-0.39, 0.29) is 5.38 Å². The Labute approximate surface area is 135 Å². The van der Waals surface area contributed by atoms with Crippen molar-refractivity contribution in [3.63, 3.8) is 0 Å². The van der Waals surface area contributed by atoms with Crippen LogP contribution in [0.4, 0.5) is 0 Å². The second-order valence-corrected chi connectivity index (χ2v) is 6.90. The predicted octanol–water partition coefficient (Wildman–Crippen LogP) is 6.00. The third kappa shape index (κ3) is 2.58. The average Bonchev–Trinajstić information content (AvgIpc) is 2.90. The number of fused-ring (bicyclic) bond motifs is 1. The SMILES string of the molecule is COc1ccc(Br)cc1C(Cl)c1cc2ccccc2s1. The van der Waals surface area contributed by atoms with Crippen LogP contribution in [0.15, 0.2) is 53.0 Å². The summed E-state index contributed by atoms with van der Waals surface area (Å²) >= 11 is 11.9. The summed E-state index contributed by atoms with van der Waals surface area (Å²) in [6.07, 6.45) is 0. The van der Waals surface area contributed by atoms with Crippen molar-refractivity contribution >= 4 is 49.0 Å². The molecule has 2 aromatic carbocycles. The van der Waals surface area contributed by atoms with Gasteiger partial charge in [-0.05, 0) is 35.7 Å². The van der Waals surface area contributed by atoms with E-state index in [0.717, 1.165) is 20.7 Å². The van der Waals surface area contributed by atoms with Gasteiger partial charge in [-0.3, -0.25) is 0 Å². The molecule has 0 aliphatic heterocycles. The van der Waals surface area contributed by atoms with Crippen LogP contribution in [0.5, 0.6) is 5.75 Å². The van der Waals surface area contributed by atoms with Gasteiger partial charge in [-0.15, -0.1) is 22.9 Å². The lowest BCUT2D eigenvalue weighted by atomic mass is 10.1. The summed E-state index contributed by atoms with van der Waals surface area (Å²) in [7, 11) is 1.67. The summed E-state index contributed by atoms with van der Waals surface area (Å²) in [5.74, 6) is 0.811. The third-order valence-electron chi connectivity index (χ3n) is 3.16. The van der Waals surface area contributed by atoms with Gasteiger partial charge in [-0.1, -0.05) is 34.1 Å². The minimum atomic E-state index is -0.208. The van der Waals surface area contributed by atoms with E-state index in [9.17, 15) is 0 Å². The number of rotatable bonds is 3. The van der Waals surface area contributed by atoms with Gasteiger partial charge in [0, 0.05) is 19.6 Å². The van der Waals surface area contributed by atoms with Crippen molar-refractivity contribution in [2.24, 2.45) is 0 Å². The monoisotopic (exact) mass is 366 g/mol. The second-order valence-electron chi connectivity index (χ2n) is 4.44. The van der Waals surface area contributed by atoms with E-state index in [1.165, 1.54) is 10.1 Å². The zero-order valence-electron chi connectivity index (χ0n) is 10.8. The van der Waals surface area contributed by atoms with Gasteiger partial charge in [0.25, 0.3) is 0 Å². The highest BCUT2D eigenvalue weighted by atomic mass is 79.9. The number of halogens is 2. The predicted molar refractivity (Wildman–Crippen MR) is 90.2 cm³/mol. The molecular weight excluding hydrogens is 356 g/mol. The van der Waals surface area contributed by atoms with Crippen molar-refractivity contribution in [2.45, 2.75) is 5.38 Å². The van der Waals surface area contributed by atoms with E-state index in [0.29, 0.717) is 0 Å². The molecule has 0 aliphatic rings. The Balaban J connectivity index is 2.07. The number of thiophene rings is 1. The lowest BCUT2D eigenvalue weighted by molar-refractivity contribution is 0.410. The molecule has 0 N–H and O–H groups in total. The number of benzene rings is 2. The molecule has 1 nitrogen and oxygen atoms in total. The second kappa shape index (κ2) is 5.76. The molecule has 0 saturated heterocycles. The van der Waals surface area contributed by atoms with Gasteiger partial charge in [0.05, 0.1) is 12.5 Å². The Morgan fingerprint density at radius 1 is 1.15 bits per heavy atom. The highest BCUT2D eigenvalue weighted by Crippen LogP contribution is 2.41. The van der Waals surface area contributed by atoms with Crippen molar-refractivity contribution in [1.29, 1.82) is 0 Å². The lowest BCUT2D eigenvalue weighted by Gasteiger charge is -2.13. The first-order valence-electron chi connectivity index (χ1n) is 6.15. The van der Waals surface area contributed by atoms with Crippen molar-refractivity contribution in [3.8, 4) is 5.75 Å². The van der Waals surface area contributed by atoms with Crippen LogP contribution < -0.4 is 4.74 Å². The molecule has 1 unspecified atom stereocenters. The first-order chi connectivity index (χ1) is 9.69. The van der Waals surface area contributed by atoms with Crippen LogP contribution in [-0.4, -0.2) is 7.11 Å². The van der Waals surface area contributed by atoms with Gasteiger partial charge in [-0.25, -0.2) is 0 Å². The summed E-state index contributed by atoms with van der Waals surface area (Å²) in [6, 6.07) is 16.4. The Hall–Kier alpha value is -1.03. The van der Waals surface area contributed by atoms with Crippen LogP contribution in [0.2, 0.25) is 0 Å². The Morgan fingerprint density at radius 3 is 2.70 bits per heavy atom.